The molecule has 10 heteroatoms. The number of rotatable bonds is 5. The number of benzene rings is 2. The molecule has 2 aliphatic heterocycles. The average Bonchev–Trinajstić information content (AvgIpc) is 3.43. The van der Waals surface area contributed by atoms with Gasteiger partial charge in [-0.25, -0.2) is 15.0 Å². The van der Waals surface area contributed by atoms with Crippen LogP contribution in [0.4, 0.5) is 0 Å². The average molecular weight is 537 g/mol. The van der Waals surface area contributed by atoms with E-state index in [-0.39, 0.29) is 12.3 Å². The van der Waals surface area contributed by atoms with Gasteiger partial charge in [0.2, 0.25) is 5.91 Å². The van der Waals surface area contributed by atoms with Crippen molar-refractivity contribution in [3.8, 4) is 11.4 Å². The molecule has 1 fully saturated rings. The van der Waals surface area contributed by atoms with E-state index < -0.39 is 18.3 Å². The lowest BCUT2D eigenvalue weighted by atomic mass is 9.81. The van der Waals surface area contributed by atoms with Crippen molar-refractivity contribution < 1.29 is 14.1 Å². The lowest BCUT2D eigenvalue weighted by Crippen LogP contribution is -2.41. The van der Waals surface area contributed by atoms with Crippen molar-refractivity contribution in [2.45, 2.75) is 51.7 Å². The standard InChI is InChI=1S/C27H27BCl2N4O3/c1-26(2)27(3,4)37-28(36-26)19-15-31-25(32-16-19)18-7-5-6-17(12-18)13-24(35)34-11-10-23(33-34)21-14-20(29)8-9-22(21)30/h5-9,12,14-16H,10-11,13H2,1-4H3. The fourth-order valence-electron chi connectivity index (χ4n) is 4.22. The van der Waals surface area contributed by atoms with Gasteiger partial charge in [-0.05, 0) is 57.5 Å². The number of nitrogens with zero attached hydrogens (tertiary/aromatic N) is 4. The maximum Gasteiger partial charge on any atom is 0.498 e. The Balaban J connectivity index is 1.27. The van der Waals surface area contributed by atoms with Crippen LogP contribution in [-0.2, 0) is 20.5 Å². The highest BCUT2D eigenvalue weighted by Crippen LogP contribution is 2.36. The number of hydrogen-bond donors (Lipinski definition) is 0. The summed E-state index contributed by atoms with van der Waals surface area (Å²) < 4.78 is 12.2. The smallest absolute Gasteiger partial charge is 0.399 e. The zero-order valence-electron chi connectivity index (χ0n) is 21.2. The lowest BCUT2D eigenvalue weighted by molar-refractivity contribution is -0.130. The molecule has 0 radical (unpaired) electrons. The first kappa shape index (κ1) is 25.9. The van der Waals surface area contributed by atoms with Gasteiger partial charge in [0, 0.05) is 45.4 Å². The van der Waals surface area contributed by atoms with Crippen molar-refractivity contribution >= 4 is 47.4 Å². The summed E-state index contributed by atoms with van der Waals surface area (Å²) in [6.45, 7) is 8.54. The summed E-state index contributed by atoms with van der Waals surface area (Å²) in [4.78, 5) is 22.1. The Morgan fingerprint density at radius 1 is 1.03 bits per heavy atom. The Bertz CT molecular complexity index is 1360. The number of carbonyl (C=O) groups excluding carboxylic acids is 1. The maximum atomic E-state index is 13.0. The van der Waals surface area contributed by atoms with Gasteiger partial charge >= 0.3 is 7.12 Å². The number of aromatic nitrogens is 2. The molecule has 1 saturated heterocycles. The van der Waals surface area contributed by atoms with E-state index in [4.69, 9.17) is 32.5 Å². The summed E-state index contributed by atoms with van der Waals surface area (Å²) in [5, 5.41) is 7.15. The fraction of sp³-hybridized carbons (Fsp3) is 0.333. The highest BCUT2D eigenvalue weighted by molar-refractivity contribution is 6.61. The quantitative estimate of drug-likeness (QED) is 0.432. The molecule has 3 aromatic rings. The van der Waals surface area contributed by atoms with Crippen molar-refractivity contribution in [3.05, 3.63) is 76.0 Å². The molecule has 3 heterocycles. The van der Waals surface area contributed by atoms with Crippen LogP contribution in [0.1, 0.15) is 45.2 Å². The number of hydrogen-bond acceptors (Lipinski definition) is 6. The van der Waals surface area contributed by atoms with E-state index >= 15 is 0 Å². The largest absolute Gasteiger partial charge is 0.498 e. The van der Waals surface area contributed by atoms with Crippen molar-refractivity contribution in [1.82, 2.24) is 15.0 Å². The summed E-state index contributed by atoms with van der Waals surface area (Å²) in [5.41, 5.74) is 3.08. The minimum Gasteiger partial charge on any atom is -0.399 e. The van der Waals surface area contributed by atoms with Gasteiger partial charge in [0.05, 0.1) is 29.9 Å². The van der Waals surface area contributed by atoms with Crippen LogP contribution in [0.5, 0.6) is 0 Å². The molecule has 1 aromatic heterocycles. The van der Waals surface area contributed by atoms with Crippen LogP contribution in [0, 0.1) is 0 Å². The normalized spacial score (nSPS) is 18.3. The molecule has 0 bridgehead atoms. The summed E-state index contributed by atoms with van der Waals surface area (Å²) in [7, 11) is -0.518. The second-order valence-corrected chi connectivity index (χ2v) is 11.1. The van der Waals surface area contributed by atoms with E-state index in [0.29, 0.717) is 28.8 Å². The molecule has 7 nitrogen and oxygen atoms in total. The Labute approximate surface area is 227 Å². The minimum atomic E-state index is -0.518. The van der Waals surface area contributed by atoms with E-state index in [0.717, 1.165) is 27.9 Å². The van der Waals surface area contributed by atoms with E-state index in [1.165, 1.54) is 5.01 Å². The van der Waals surface area contributed by atoms with Crippen LogP contribution < -0.4 is 5.46 Å². The lowest BCUT2D eigenvalue weighted by Gasteiger charge is -2.32. The van der Waals surface area contributed by atoms with E-state index in [1.54, 1.807) is 30.6 Å². The van der Waals surface area contributed by atoms with Gasteiger partial charge in [0.1, 0.15) is 0 Å². The topological polar surface area (TPSA) is 76.9 Å². The Morgan fingerprint density at radius 2 is 1.73 bits per heavy atom. The zero-order chi connectivity index (χ0) is 26.4. The second-order valence-electron chi connectivity index (χ2n) is 10.2. The molecule has 37 heavy (non-hydrogen) atoms. The highest BCUT2D eigenvalue weighted by Gasteiger charge is 2.52. The first-order valence-corrected chi connectivity index (χ1v) is 12.9. The molecule has 2 aromatic carbocycles. The monoisotopic (exact) mass is 536 g/mol. The van der Waals surface area contributed by atoms with Crippen LogP contribution in [0.15, 0.2) is 60.0 Å². The first-order chi connectivity index (χ1) is 17.5. The molecular formula is C27H27BCl2N4O3. The fourth-order valence-corrected chi connectivity index (χ4v) is 4.62. The summed E-state index contributed by atoms with van der Waals surface area (Å²) in [6, 6.07) is 12.9. The predicted molar refractivity (Wildman–Crippen MR) is 146 cm³/mol. The van der Waals surface area contributed by atoms with Crippen LogP contribution >= 0.6 is 23.2 Å². The van der Waals surface area contributed by atoms with E-state index in [1.807, 2.05) is 52.0 Å². The number of amides is 1. The van der Waals surface area contributed by atoms with Crippen molar-refractivity contribution in [3.63, 3.8) is 0 Å². The van der Waals surface area contributed by atoms with Crippen LogP contribution in [0.3, 0.4) is 0 Å². The molecule has 1 amide bonds. The SMILES string of the molecule is CC1(C)OB(c2cnc(-c3cccc(CC(=O)N4CCC(c5cc(Cl)ccc5Cl)=N4)c3)nc2)OC1(C)C. The number of halogens is 2. The zero-order valence-corrected chi connectivity index (χ0v) is 22.7. The Hall–Kier alpha value is -2.78. The summed E-state index contributed by atoms with van der Waals surface area (Å²) in [5.74, 6) is 0.467. The minimum absolute atomic E-state index is 0.0951. The van der Waals surface area contributed by atoms with Gasteiger partial charge in [-0.2, -0.15) is 5.10 Å². The third kappa shape index (κ3) is 5.29. The van der Waals surface area contributed by atoms with Crippen LogP contribution in [0.25, 0.3) is 11.4 Å². The third-order valence-corrected chi connectivity index (χ3v) is 7.63. The maximum absolute atomic E-state index is 13.0. The molecular weight excluding hydrogens is 510 g/mol. The van der Waals surface area contributed by atoms with Crippen LogP contribution in [0.2, 0.25) is 10.0 Å². The molecule has 190 valence electrons. The second kappa shape index (κ2) is 9.84. The highest BCUT2D eigenvalue weighted by atomic mass is 35.5. The van der Waals surface area contributed by atoms with Gasteiger partial charge in [-0.1, -0.05) is 41.4 Å². The Kier molecular flexibility index (Phi) is 6.87. The molecule has 0 N–H and O–H groups in total. The van der Waals surface area contributed by atoms with Gasteiger partial charge < -0.3 is 9.31 Å². The van der Waals surface area contributed by atoms with Crippen molar-refractivity contribution in [2.24, 2.45) is 5.10 Å². The van der Waals surface area contributed by atoms with Crippen molar-refractivity contribution in [1.29, 1.82) is 0 Å². The molecule has 0 saturated carbocycles. The van der Waals surface area contributed by atoms with Crippen molar-refractivity contribution in [2.75, 3.05) is 6.54 Å². The van der Waals surface area contributed by atoms with E-state index in [2.05, 4.69) is 15.1 Å². The molecule has 5 rings (SSSR count). The molecule has 0 unspecified atom stereocenters. The van der Waals surface area contributed by atoms with Gasteiger partial charge in [0.15, 0.2) is 5.82 Å². The van der Waals surface area contributed by atoms with E-state index in [9.17, 15) is 4.79 Å². The summed E-state index contributed by atoms with van der Waals surface area (Å²) >= 11 is 12.4. The molecule has 2 aliphatic rings. The number of hydrazone groups is 1. The molecule has 0 spiro atoms. The first-order valence-electron chi connectivity index (χ1n) is 12.1. The van der Waals surface area contributed by atoms with Crippen LogP contribution in [-0.4, -0.2) is 51.5 Å². The summed E-state index contributed by atoms with van der Waals surface area (Å²) in [6.07, 6.45) is 4.28. The molecule has 0 atom stereocenters. The number of carbonyl (C=O) groups is 1. The third-order valence-electron chi connectivity index (χ3n) is 7.07. The Morgan fingerprint density at radius 3 is 2.43 bits per heavy atom. The predicted octanol–water partition coefficient (Wildman–Crippen LogP) is 4.93. The van der Waals surface area contributed by atoms with Gasteiger partial charge in [0.25, 0.3) is 0 Å². The molecule has 0 aliphatic carbocycles. The van der Waals surface area contributed by atoms with Gasteiger partial charge in [-0.3, -0.25) is 4.79 Å². The van der Waals surface area contributed by atoms with Gasteiger partial charge in [-0.15, -0.1) is 0 Å².